The van der Waals surface area contributed by atoms with Gasteiger partial charge in [-0.15, -0.1) is 0 Å². The Morgan fingerprint density at radius 2 is 0.955 bits per heavy atom. The van der Waals surface area contributed by atoms with Crippen molar-refractivity contribution in [1.82, 2.24) is 0 Å². The average molecular weight is 1610 g/mol. The molecule has 5 aliphatic carbocycles. The van der Waals surface area contributed by atoms with E-state index in [-0.39, 0.29) is 24.2 Å². The lowest BCUT2D eigenvalue weighted by molar-refractivity contribution is -0.394. The van der Waals surface area contributed by atoms with Gasteiger partial charge in [0.05, 0.1) is 55.6 Å². The fourth-order valence-electron chi connectivity index (χ4n) is 20.8. The molecular formula is C74H114O38. The fourth-order valence-corrected chi connectivity index (χ4v) is 20.8. The first-order chi connectivity index (χ1) is 52.5. The molecule has 0 amide bonds. The van der Waals surface area contributed by atoms with Gasteiger partial charge < -0.3 is 167 Å². The summed E-state index contributed by atoms with van der Waals surface area (Å²) in [5.41, 5.74) is -3.91. The Balaban J connectivity index is 0.836. The number of aldehydes is 1. The first-order valence-electron chi connectivity index (χ1n) is 38.7. The second-order valence-corrected chi connectivity index (χ2v) is 34.6. The summed E-state index contributed by atoms with van der Waals surface area (Å²) >= 11 is 0. The molecule has 0 aromatic heterocycles. The lowest BCUT2D eigenvalue weighted by atomic mass is 9.33. The smallest absolute Gasteiger partial charge is 0.335 e. The number of allylic oxidation sites excluding steroid dienone is 2. The van der Waals surface area contributed by atoms with E-state index in [0.717, 1.165) is 25.7 Å². The summed E-state index contributed by atoms with van der Waals surface area (Å²) < 4.78 is 97.8. The molecule has 7 saturated heterocycles. The molecule has 7 aliphatic heterocycles. The summed E-state index contributed by atoms with van der Waals surface area (Å²) in [6.07, 6.45) is -54.9. The van der Waals surface area contributed by atoms with Crippen LogP contribution in [0, 0.1) is 50.2 Å². The number of carbonyl (C=O) groups is 5. The van der Waals surface area contributed by atoms with Crippen LogP contribution in [-0.4, -0.2) is 352 Å². The normalized spacial score (nSPS) is 52.2. The molecule has 638 valence electrons. The second kappa shape index (κ2) is 33.4. The van der Waals surface area contributed by atoms with Crippen LogP contribution in [0.1, 0.15) is 133 Å². The van der Waals surface area contributed by atoms with Crippen LogP contribution in [0.3, 0.4) is 0 Å². The van der Waals surface area contributed by atoms with Crippen molar-refractivity contribution in [2.75, 3.05) is 26.4 Å². The van der Waals surface area contributed by atoms with E-state index in [4.69, 9.17) is 75.8 Å². The van der Waals surface area contributed by atoms with Crippen molar-refractivity contribution in [1.29, 1.82) is 0 Å². The molecule has 38 heteroatoms. The van der Waals surface area contributed by atoms with Crippen LogP contribution in [0.2, 0.25) is 0 Å². The summed E-state index contributed by atoms with van der Waals surface area (Å²) in [5.74, 6) is -5.37. The second-order valence-electron chi connectivity index (χ2n) is 34.6. The lowest BCUT2D eigenvalue weighted by Crippen LogP contribution is -2.69. The van der Waals surface area contributed by atoms with Crippen molar-refractivity contribution in [2.45, 2.75) is 342 Å². The Morgan fingerprint density at radius 3 is 1.50 bits per heavy atom. The largest absolute Gasteiger partial charge is 0.479 e. The number of fused-ring (bicyclic) bond motifs is 7. The number of ether oxygens (including phenoxy) is 16. The maximum Gasteiger partial charge on any atom is 0.335 e. The Morgan fingerprint density at radius 1 is 0.473 bits per heavy atom. The number of hydrogen-bond donors (Lipinski definition) is 17. The zero-order valence-electron chi connectivity index (χ0n) is 64.1. The number of aliphatic carboxylic acids is 1. The molecule has 38 nitrogen and oxygen atoms in total. The lowest BCUT2D eigenvalue weighted by Gasteiger charge is -2.71. The number of carboxylic acid groups (broad SMARTS) is 1. The van der Waals surface area contributed by atoms with Crippen LogP contribution in [0.15, 0.2) is 11.6 Å². The first-order valence-corrected chi connectivity index (χ1v) is 38.7. The Bertz CT molecular complexity index is 3350. The third-order valence-electron chi connectivity index (χ3n) is 27.4. The SMILES string of the molecule is CC(=O)O[C@H]1[C@@H](OC(C)=O)[C@@H](C)O[C@@H](OC(=O)[C@]23CCC(C)(C)C[C@H]2C2=CCC4[C@@]5(C)CC[C@H](O[C@@H]6O[C@H](C(=O)O)[C@@H](O)[C@H](O[C@@H]7OC[C@@H](O)[C@H](O)[C@H]7O)[C@H]6O[C@@H]6O[C@H](CO)[C@H](O)[C@H](O)[C@H]6O)[C@@](C)(C=O)C5CC[C@@]4(C)[C@]2(C)CC3)[C@@H]1O[C@@H]1O[C@@H](C)[C@H](O[C@@H]2OC[C@@H](O)[C@H](O)[C@H]2O)[C@@H](O[C@@H]2O[C@H](CO)[C@@H](O)[C@H](O)[C@H]2O)[C@H]1O. The van der Waals surface area contributed by atoms with Gasteiger partial charge in [-0.3, -0.25) is 14.4 Å². The molecule has 2 unspecified atom stereocenters. The maximum absolute atomic E-state index is 16.2. The Hall–Kier alpha value is -3.87. The highest BCUT2D eigenvalue weighted by Crippen LogP contribution is 2.76. The standard InChI is InChI=1S/C74H114O38/c1-27-52(106-61-46(88)40(82)33(80)24-97-61)55(108-63-48(90)44(86)42(84)35(22-75)103-63)51(93)65(99-27)111-59-57(102-30(4)79)53(101-29(3)78)28(2)100-66(59)112-68(96)74-19-17-69(5,6)21-32(74)31-11-12-38-70(7)15-14-39(71(8,26-77)37(70)13-16-73(38,10)72(31,9)18-20-74)105-67-58(110-64-49(91)45(87)43(85)36(23-76)104-64)54(50(92)56(109-67)60(94)95)107-62-47(89)41(83)34(81)25-98-62/h11,26-28,32-59,61-67,75-76,80-93H,12-25H2,1-10H3,(H,94,95)/t27-,28+,32-,33+,34+,35+,36+,37?,38?,39-,40-,41-,42+,43-,44-,45-,46+,47+,48+,49+,50-,51+,52-,53-,54-,55-,56-,57-,58+,59+,61-,62-,63-,64-,65-,66-,67+,70-,71-,72+,73+,74-/m0/s1. The van der Waals surface area contributed by atoms with E-state index in [0.29, 0.717) is 51.4 Å². The van der Waals surface area contributed by atoms with Crippen molar-refractivity contribution in [3.8, 4) is 0 Å². The molecule has 0 bridgehead atoms. The molecule has 0 aromatic carbocycles. The van der Waals surface area contributed by atoms with Gasteiger partial charge >= 0.3 is 23.9 Å². The van der Waals surface area contributed by atoms with E-state index in [9.17, 15) is 106 Å². The molecule has 0 aromatic rings. The van der Waals surface area contributed by atoms with Crippen LogP contribution in [0.4, 0.5) is 0 Å². The number of esters is 3. The number of hydrogen-bond acceptors (Lipinski definition) is 37. The predicted octanol–water partition coefficient (Wildman–Crippen LogP) is -4.82. The highest BCUT2D eigenvalue weighted by atomic mass is 16.8. The van der Waals surface area contributed by atoms with Gasteiger partial charge in [-0.05, 0) is 117 Å². The van der Waals surface area contributed by atoms with Crippen molar-refractivity contribution in [3.63, 3.8) is 0 Å². The molecule has 4 saturated carbocycles. The van der Waals surface area contributed by atoms with E-state index < -0.39 is 298 Å². The minimum absolute atomic E-state index is 0.114. The minimum Gasteiger partial charge on any atom is -0.479 e. The summed E-state index contributed by atoms with van der Waals surface area (Å²) in [7, 11) is 0. The molecular weight excluding hydrogens is 1500 g/mol. The number of carboxylic acids is 1. The van der Waals surface area contributed by atoms with Gasteiger partial charge in [0.2, 0.25) is 6.29 Å². The predicted molar refractivity (Wildman–Crippen MR) is 366 cm³/mol. The zero-order chi connectivity index (χ0) is 81.9. The fraction of sp³-hybridized carbons (Fsp3) is 0.905. The number of aliphatic hydroxyl groups is 16. The molecule has 112 heavy (non-hydrogen) atoms. The summed E-state index contributed by atoms with van der Waals surface area (Å²) in [6.45, 7) is 14.7. The van der Waals surface area contributed by atoms with Crippen molar-refractivity contribution >= 4 is 30.2 Å². The molecule has 11 fully saturated rings. The van der Waals surface area contributed by atoms with Crippen LogP contribution in [-0.2, 0) is 99.8 Å². The molecule has 0 radical (unpaired) electrons. The highest BCUT2D eigenvalue weighted by Gasteiger charge is 2.72. The van der Waals surface area contributed by atoms with E-state index in [1.54, 1.807) is 6.92 Å². The van der Waals surface area contributed by atoms with Gasteiger partial charge in [-0.25, -0.2) is 4.79 Å². The summed E-state index contributed by atoms with van der Waals surface area (Å²) in [5, 5.41) is 185. The van der Waals surface area contributed by atoms with Crippen molar-refractivity contribution in [3.05, 3.63) is 11.6 Å². The zero-order valence-corrected chi connectivity index (χ0v) is 64.1. The third-order valence-corrected chi connectivity index (χ3v) is 27.4. The third kappa shape index (κ3) is 15.6. The maximum atomic E-state index is 16.2. The van der Waals surface area contributed by atoms with Gasteiger partial charge in [0.25, 0.3) is 0 Å². The van der Waals surface area contributed by atoms with Crippen LogP contribution < -0.4 is 0 Å². The van der Waals surface area contributed by atoms with E-state index in [2.05, 4.69) is 40.7 Å². The highest BCUT2D eigenvalue weighted by molar-refractivity contribution is 5.79. The monoisotopic (exact) mass is 1610 g/mol. The summed E-state index contributed by atoms with van der Waals surface area (Å²) in [4.78, 5) is 69.9. The van der Waals surface area contributed by atoms with E-state index in [1.165, 1.54) is 13.8 Å². The van der Waals surface area contributed by atoms with Crippen molar-refractivity contribution < 1.29 is 187 Å². The van der Waals surface area contributed by atoms with Gasteiger partial charge in [-0.2, -0.15) is 0 Å². The number of aliphatic hydroxyl groups excluding tert-OH is 16. The molecule has 12 aliphatic rings. The van der Waals surface area contributed by atoms with E-state index >= 15 is 4.79 Å². The minimum atomic E-state index is -2.23. The summed E-state index contributed by atoms with van der Waals surface area (Å²) in [6, 6.07) is 0. The van der Waals surface area contributed by atoms with E-state index in [1.807, 2.05) is 0 Å². The van der Waals surface area contributed by atoms with Gasteiger partial charge in [-0.1, -0.05) is 53.2 Å². The quantitative estimate of drug-likeness (QED) is 0.0179. The van der Waals surface area contributed by atoms with Crippen LogP contribution >= 0.6 is 0 Å². The van der Waals surface area contributed by atoms with Crippen LogP contribution in [0.5, 0.6) is 0 Å². The number of carbonyl (C=O) groups excluding carboxylic acids is 4. The average Bonchev–Trinajstić information content (AvgIpc) is 0.673. The molecule has 12 rings (SSSR count). The van der Waals surface area contributed by atoms with Crippen LogP contribution in [0.25, 0.3) is 0 Å². The number of rotatable bonds is 20. The van der Waals surface area contributed by atoms with Gasteiger partial charge in [0.1, 0.15) is 128 Å². The molecule has 17 N–H and O–H groups in total. The van der Waals surface area contributed by atoms with Crippen molar-refractivity contribution in [2.24, 2.45) is 50.2 Å². The molecule has 0 spiro atoms. The van der Waals surface area contributed by atoms with Gasteiger partial charge in [0.15, 0.2) is 62.2 Å². The topological polar surface area (TPSA) is 577 Å². The Labute approximate surface area is 645 Å². The Kier molecular flexibility index (Phi) is 26.1. The molecule has 7 heterocycles. The first kappa shape index (κ1) is 87.4. The van der Waals surface area contributed by atoms with Gasteiger partial charge in [0, 0.05) is 13.8 Å². The molecule has 42 atom stereocenters.